The smallest absolute Gasteiger partial charge is 0.217 e. The van der Waals surface area contributed by atoms with Crippen molar-refractivity contribution < 1.29 is 43.0 Å². The summed E-state index contributed by atoms with van der Waals surface area (Å²) < 4.78 is 0. The van der Waals surface area contributed by atoms with Crippen molar-refractivity contribution in [2.75, 3.05) is 19.0 Å². The molecular formula is C11H13N4O3Y-. The van der Waals surface area contributed by atoms with Gasteiger partial charge in [0, 0.05) is 53.0 Å². The number of rotatable bonds is 2. The fourth-order valence-corrected chi connectivity index (χ4v) is 1.50. The Morgan fingerprint density at radius 2 is 2.00 bits per heavy atom. The van der Waals surface area contributed by atoms with E-state index in [1.807, 2.05) is 14.1 Å². The molecule has 1 amide bonds. The Morgan fingerprint density at radius 1 is 1.37 bits per heavy atom. The van der Waals surface area contributed by atoms with Crippen LogP contribution in [0, 0.1) is 0 Å². The number of amides is 1. The Kier molecular flexibility index (Phi) is 6.28. The second-order valence-corrected chi connectivity index (χ2v) is 3.82. The first-order valence-electron chi connectivity index (χ1n) is 4.96. The van der Waals surface area contributed by atoms with Gasteiger partial charge in [-0.25, -0.2) is 4.98 Å². The topological polar surface area (TPSA) is 121 Å². The third kappa shape index (κ3) is 3.37. The number of H-pyrrole nitrogens is 1. The standard InChI is InChI=1S/C11H12N4O2.H2O.Y/c1-15(2)8-4-3-7-9(14-8)10(16)6(5-13-7)11(12)17;;/h3-5H,1-2H3,(H3,12,13,16,17);1H2;/p-1. The third-order valence-electron chi connectivity index (χ3n) is 2.42. The molecule has 4 N–H and O–H groups in total. The van der Waals surface area contributed by atoms with E-state index in [1.54, 1.807) is 17.0 Å². The van der Waals surface area contributed by atoms with Crippen LogP contribution in [0.25, 0.3) is 16.8 Å². The first kappa shape index (κ1) is 17.7. The zero-order valence-electron chi connectivity index (χ0n) is 10.5. The molecule has 0 aliphatic rings. The van der Waals surface area contributed by atoms with E-state index in [4.69, 9.17) is 5.73 Å². The predicted octanol–water partition coefficient (Wildman–Crippen LogP) is 0.354. The van der Waals surface area contributed by atoms with Gasteiger partial charge in [0.1, 0.15) is 11.3 Å². The van der Waals surface area contributed by atoms with Gasteiger partial charge in [0.25, 0.3) is 0 Å². The van der Waals surface area contributed by atoms with E-state index in [0.29, 0.717) is 11.3 Å². The Hall–Kier alpha value is -1.31. The second kappa shape index (κ2) is 6.74. The van der Waals surface area contributed by atoms with Crippen molar-refractivity contribution >= 4 is 22.8 Å². The number of carbonyl (C=O) groups excluding carboxylic acids is 1. The number of fused-ring (bicyclic) bond motifs is 1. The van der Waals surface area contributed by atoms with E-state index >= 15 is 0 Å². The summed E-state index contributed by atoms with van der Waals surface area (Å²) in [6.07, 6.45) is 1.25. The largest absolute Gasteiger partial charge is 0.663 e. The Labute approximate surface area is 134 Å². The Bertz CT molecular complexity index is 654. The zero-order chi connectivity index (χ0) is 12.6. The fraction of sp³-hybridized carbons (Fsp3) is 0.182. The van der Waals surface area contributed by atoms with Crippen molar-refractivity contribution in [1.82, 2.24) is 9.97 Å². The van der Waals surface area contributed by atoms with E-state index in [2.05, 4.69) is 9.97 Å². The van der Waals surface area contributed by atoms with Gasteiger partial charge in [0.05, 0.1) is 17.0 Å². The van der Waals surface area contributed by atoms with Gasteiger partial charge in [0.2, 0.25) is 5.43 Å². The zero-order valence-corrected chi connectivity index (χ0v) is 13.4. The van der Waals surface area contributed by atoms with Crippen LogP contribution >= 0.6 is 0 Å². The van der Waals surface area contributed by atoms with Gasteiger partial charge >= 0.3 is 0 Å². The van der Waals surface area contributed by atoms with Crippen molar-refractivity contribution in [3.8, 4) is 0 Å². The summed E-state index contributed by atoms with van der Waals surface area (Å²) in [6, 6.07) is 3.48. The summed E-state index contributed by atoms with van der Waals surface area (Å²) in [6.45, 7) is 0. The molecule has 0 saturated carbocycles. The molecule has 0 aliphatic carbocycles. The average Bonchev–Trinajstić information content (AvgIpc) is 2.28. The first-order chi connectivity index (χ1) is 8.00. The summed E-state index contributed by atoms with van der Waals surface area (Å²) in [4.78, 5) is 31.5. The predicted molar refractivity (Wildman–Crippen MR) is 69.0 cm³/mol. The van der Waals surface area contributed by atoms with Gasteiger partial charge in [-0.1, -0.05) is 0 Å². The van der Waals surface area contributed by atoms with E-state index in [0.717, 1.165) is 0 Å². The number of nitrogens with zero attached hydrogens (tertiary/aromatic N) is 2. The fourth-order valence-electron chi connectivity index (χ4n) is 1.50. The number of anilines is 1. The average molecular weight is 338 g/mol. The molecule has 1 radical (unpaired) electrons. The minimum atomic E-state index is -1.01. The first-order valence-corrected chi connectivity index (χ1v) is 4.96. The SMILES string of the molecule is CN(C)c1ccc2[nH]cc(C([NH-])=O)c(=O)c2n1.O.[Y]. The van der Waals surface area contributed by atoms with Crippen molar-refractivity contribution in [1.29, 1.82) is 0 Å². The molecule has 2 rings (SSSR count). The monoisotopic (exact) mass is 338 g/mol. The molecule has 0 atom stereocenters. The van der Waals surface area contributed by atoms with Crippen LogP contribution in [-0.2, 0) is 32.7 Å². The molecule has 2 heterocycles. The number of pyridine rings is 2. The summed E-state index contributed by atoms with van der Waals surface area (Å²) in [5, 5.41) is 0. The van der Waals surface area contributed by atoms with E-state index in [-0.39, 0.29) is 49.3 Å². The van der Waals surface area contributed by atoms with Gasteiger partial charge in [-0.05, 0) is 12.1 Å². The summed E-state index contributed by atoms with van der Waals surface area (Å²) in [5.41, 5.74) is 6.99. The summed E-state index contributed by atoms with van der Waals surface area (Å²) >= 11 is 0. The van der Waals surface area contributed by atoms with Crippen LogP contribution in [0.4, 0.5) is 5.82 Å². The molecule has 99 valence electrons. The van der Waals surface area contributed by atoms with Gasteiger partial charge in [-0.15, -0.1) is 0 Å². The molecule has 8 heteroatoms. The van der Waals surface area contributed by atoms with Crippen LogP contribution in [0.3, 0.4) is 0 Å². The summed E-state index contributed by atoms with van der Waals surface area (Å²) in [7, 11) is 3.61. The van der Waals surface area contributed by atoms with Crippen LogP contribution in [-0.4, -0.2) is 35.4 Å². The third-order valence-corrected chi connectivity index (χ3v) is 2.42. The molecule has 7 nitrogen and oxygen atoms in total. The van der Waals surface area contributed by atoms with Crippen LogP contribution in [0.2, 0.25) is 0 Å². The van der Waals surface area contributed by atoms with Crippen LogP contribution < -0.4 is 10.3 Å². The maximum Gasteiger partial charge on any atom is 0.217 e. The van der Waals surface area contributed by atoms with Gasteiger partial charge in [-0.3, -0.25) is 4.79 Å². The molecule has 2 aromatic heterocycles. The number of aromatic nitrogens is 2. The maximum atomic E-state index is 11.9. The number of carbonyl (C=O) groups is 1. The number of hydrogen-bond donors (Lipinski definition) is 1. The molecule has 0 bridgehead atoms. The van der Waals surface area contributed by atoms with Crippen LogP contribution in [0.15, 0.2) is 23.1 Å². The molecule has 0 fully saturated rings. The van der Waals surface area contributed by atoms with Gasteiger partial charge in [0.15, 0.2) is 0 Å². The van der Waals surface area contributed by atoms with E-state index in [1.165, 1.54) is 6.20 Å². The van der Waals surface area contributed by atoms with Crippen LogP contribution in [0.1, 0.15) is 10.4 Å². The van der Waals surface area contributed by atoms with Gasteiger partial charge in [-0.2, -0.15) is 0 Å². The number of hydrogen-bond acceptors (Lipinski definition) is 4. The Balaban J connectivity index is 0.00000162. The van der Waals surface area contributed by atoms with Crippen LogP contribution in [0.5, 0.6) is 0 Å². The number of aromatic amines is 1. The minimum absolute atomic E-state index is 0. The molecule has 0 unspecified atom stereocenters. The second-order valence-electron chi connectivity index (χ2n) is 3.82. The summed E-state index contributed by atoms with van der Waals surface area (Å²) in [5.74, 6) is -0.386. The Morgan fingerprint density at radius 3 is 2.53 bits per heavy atom. The van der Waals surface area contributed by atoms with Crippen molar-refractivity contribution in [2.45, 2.75) is 0 Å². The van der Waals surface area contributed by atoms with E-state index < -0.39 is 11.3 Å². The van der Waals surface area contributed by atoms with Crippen molar-refractivity contribution in [3.63, 3.8) is 0 Å². The molecule has 0 aromatic carbocycles. The molecule has 2 aromatic rings. The van der Waals surface area contributed by atoms with E-state index in [9.17, 15) is 9.59 Å². The maximum absolute atomic E-state index is 11.9. The van der Waals surface area contributed by atoms with Crippen molar-refractivity contribution in [2.24, 2.45) is 0 Å². The molecule has 0 spiro atoms. The quantitative estimate of drug-likeness (QED) is 0.849. The van der Waals surface area contributed by atoms with Crippen molar-refractivity contribution in [3.05, 3.63) is 39.9 Å². The molecule has 0 saturated heterocycles. The molecular weight excluding hydrogens is 325 g/mol. The normalized spacial score (nSPS) is 9.37. The molecule has 0 aliphatic heterocycles. The minimum Gasteiger partial charge on any atom is -0.663 e. The molecule has 19 heavy (non-hydrogen) atoms. The number of nitrogens with one attached hydrogen (secondary N) is 2. The van der Waals surface area contributed by atoms with Gasteiger partial charge < -0.3 is 25.9 Å².